The number of oxazole rings is 1. The zero-order chi connectivity index (χ0) is 15.1. The van der Waals surface area contributed by atoms with Crippen LogP contribution in [0, 0.1) is 0 Å². The number of halogens is 5. The highest BCUT2D eigenvalue weighted by atomic mass is 79.9. The lowest BCUT2D eigenvalue weighted by Gasteiger charge is -2.01. The first-order chi connectivity index (χ1) is 9.20. The largest absolute Gasteiger partial charge is 0.475 e. The number of nitrogens with zero attached hydrogens (tertiary/aromatic N) is 1. The molecule has 1 aromatic carbocycles. The van der Waals surface area contributed by atoms with Gasteiger partial charge in [-0.3, -0.25) is 0 Å². The van der Waals surface area contributed by atoms with E-state index in [1.807, 2.05) is 0 Å². The van der Waals surface area contributed by atoms with Gasteiger partial charge in [-0.1, -0.05) is 15.9 Å². The van der Waals surface area contributed by atoms with Gasteiger partial charge in [0.2, 0.25) is 11.7 Å². The van der Waals surface area contributed by atoms with Crippen LogP contribution in [-0.4, -0.2) is 16.1 Å². The molecule has 9 heteroatoms. The van der Waals surface area contributed by atoms with Crippen LogP contribution in [0.5, 0.6) is 0 Å². The normalized spacial score (nSPS) is 11.7. The fraction of sp³-hybridized carbons (Fsp3) is 0.0909. The molecule has 0 amide bonds. The summed E-state index contributed by atoms with van der Waals surface area (Å²) >= 11 is 6.33. The highest BCUT2D eigenvalue weighted by Crippen LogP contribution is 2.36. The molecule has 0 fully saturated rings. The Morgan fingerprint density at radius 1 is 1.30 bits per heavy atom. The maximum Gasteiger partial charge on any atom is 0.437 e. The standard InChI is InChI=1S/C11H4Br2F3NO3/c12-4-1-2-5(6(13)3-4)9-17-8(11(14,15)16)7(20-9)10(18)19/h1-3H,(H,18,19). The first-order valence-corrected chi connectivity index (χ1v) is 6.55. The Kier molecular flexibility index (Phi) is 3.92. The molecule has 0 aliphatic heterocycles. The van der Waals surface area contributed by atoms with Crippen molar-refractivity contribution in [3.63, 3.8) is 0 Å². The van der Waals surface area contributed by atoms with Gasteiger partial charge in [-0.2, -0.15) is 13.2 Å². The van der Waals surface area contributed by atoms with Crippen molar-refractivity contribution in [2.75, 3.05) is 0 Å². The van der Waals surface area contributed by atoms with Crippen LogP contribution < -0.4 is 0 Å². The number of rotatable bonds is 2. The van der Waals surface area contributed by atoms with E-state index in [9.17, 15) is 18.0 Å². The Morgan fingerprint density at radius 2 is 1.95 bits per heavy atom. The summed E-state index contributed by atoms with van der Waals surface area (Å²) in [6.07, 6.45) is -4.91. The molecule has 1 N–H and O–H groups in total. The van der Waals surface area contributed by atoms with Crippen molar-refractivity contribution in [3.05, 3.63) is 38.6 Å². The number of aromatic carboxylic acids is 1. The van der Waals surface area contributed by atoms with Crippen LogP contribution in [0.15, 0.2) is 31.6 Å². The van der Waals surface area contributed by atoms with E-state index in [0.717, 1.165) is 0 Å². The van der Waals surface area contributed by atoms with E-state index in [2.05, 4.69) is 36.8 Å². The molecule has 2 aromatic rings. The van der Waals surface area contributed by atoms with Gasteiger partial charge in [0.05, 0.1) is 5.56 Å². The molecule has 0 aliphatic rings. The summed E-state index contributed by atoms with van der Waals surface area (Å²) in [7, 11) is 0. The summed E-state index contributed by atoms with van der Waals surface area (Å²) in [4.78, 5) is 14.0. The number of alkyl halides is 3. The Balaban J connectivity index is 2.62. The third-order valence-corrected chi connectivity index (χ3v) is 3.40. The number of carboxylic acid groups (broad SMARTS) is 1. The molecule has 0 bridgehead atoms. The zero-order valence-corrected chi connectivity index (χ0v) is 12.5. The third kappa shape index (κ3) is 2.88. The molecule has 0 saturated carbocycles. The van der Waals surface area contributed by atoms with Gasteiger partial charge in [0.15, 0.2) is 5.69 Å². The SMILES string of the molecule is O=C(O)c1oc(-c2ccc(Br)cc2Br)nc1C(F)(F)F. The topological polar surface area (TPSA) is 63.3 Å². The maximum absolute atomic E-state index is 12.7. The minimum absolute atomic E-state index is 0.214. The number of benzene rings is 1. The summed E-state index contributed by atoms with van der Waals surface area (Å²) in [5.41, 5.74) is -1.35. The molecule has 20 heavy (non-hydrogen) atoms. The number of hydrogen-bond acceptors (Lipinski definition) is 3. The van der Waals surface area contributed by atoms with E-state index in [1.165, 1.54) is 6.07 Å². The molecule has 4 nitrogen and oxygen atoms in total. The van der Waals surface area contributed by atoms with Crippen LogP contribution in [0.2, 0.25) is 0 Å². The van der Waals surface area contributed by atoms with Crippen molar-refractivity contribution in [2.24, 2.45) is 0 Å². The Morgan fingerprint density at radius 3 is 2.40 bits per heavy atom. The summed E-state index contributed by atoms with van der Waals surface area (Å²) in [6.45, 7) is 0. The average Bonchev–Trinajstić information content (AvgIpc) is 2.73. The molecule has 0 saturated heterocycles. The average molecular weight is 415 g/mol. The smallest absolute Gasteiger partial charge is 0.437 e. The van der Waals surface area contributed by atoms with Crippen molar-refractivity contribution >= 4 is 37.8 Å². The van der Waals surface area contributed by atoms with E-state index in [4.69, 9.17) is 9.52 Å². The molecule has 0 radical (unpaired) electrons. The molecular weight excluding hydrogens is 411 g/mol. The highest BCUT2D eigenvalue weighted by Gasteiger charge is 2.41. The first kappa shape index (κ1) is 15.0. The van der Waals surface area contributed by atoms with E-state index < -0.39 is 29.5 Å². The zero-order valence-electron chi connectivity index (χ0n) is 9.33. The molecule has 1 heterocycles. The summed E-state index contributed by atoms with van der Waals surface area (Å²) in [6, 6.07) is 4.59. The Labute approximate surface area is 126 Å². The van der Waals surface area contributed by atoms with Gasteiger partial charge in [0.1, 0.15) is 0 Å². The molecule has 2 rings (SSSR count). The van der Waals surface area contributed by atoms with Crippen LogP contribution >= 0.6 is 31.9 Å². The lowest BCUT2D eigenvalue weighted by molar-refractivity contribution is -0.141. The minimum Gasteiger partial charge on any atom is -0.475 e. The quantitative estimate of drug-likeness (QED) is 0.780. The van der Waals surface area contributed by atoms with Gasteiger partial charge in [-0.15, -0.1) is 0 Å². The molecule has 0 unspecified atom stereocenters. The molecule has 106 valence electrons. The Bertz CT molecular complexity index is 682. The van der Waals surface area contributed by atoms with Crippen molar-refractivity contribution in [1.29, 1.82) is 0 Å². The summed E-state index contributed by atoms with van der Waals surface area (Å²) in [5, 5.41) is 8.75. The molecule has 1 aromatic heterocycles. The lowest BCUT2D eigenvalue weighted by atomic mass is 10.2. The number of carboxylic acids is 1. The first-order valence-electron chi connectivity index (χ1n) is 4.97. The van der Waals surface area contributed by atoms with Crippen LogP contribution in [0.3, 0.4) is 0 Å². The van der Waals surface area contributed by atoms with Gasteiger partial charge in [-0.25, -0.2) is 9.78 Å². The minimum atomic E-state index is -4.91. The van der Waals surface area contributed by atoms with Gasteiger partial charge >= 0.3 is 12.1 Å². The van der Waals surface area contributed by atoms with E-state index in [1.54, 1.807) is 12.1 Å². The van der Waals surface area contributed by atoms with Crippen LogP contribution in [0.25, 0.3) is 11.5 Å². The predicted octanol–water partition coefficient (Wildman–Crippen LogP) is 4.58. The van der Waals surface area contributed by atoms with Crippen molar-refractivity contribution in [2.45, 2.75) is 6.18 Å². The van der Waals surface area contributed by atoms with E-state index >= 15 is 0 Å². The van der Waals surface area contributed by atoms with E-state index in [-0.39, 0.29) is 5.56 Å². The fourth-order valence-electron chi connectivity index (χ4n) is 1.44. The second-order valence-electron chi connectivity index (χ2n) is 3.62. The van der Waals surface area contributed by atoms with Gasteiger partial charge in [0, 0.05) is 8.95 Å². The summed E-state index contributed by atoms with van der Waals surface area (Å²) in [5.74, 6) is -3.49. The Hall–Kier alpha value is -1.35. The predicted molar refractivity (Wildman–Crippen MR) is 69.3 cm³/mol. The fourth-order valence-corrected chi connectivity index (χ4v) is 2.65. The van der Waals surface area contributed by atoms with Crippen molar-refractivity contribution in [1.82, 2.24) is 4.98 Å². The number of carbonyl (C=O) groups is 1. The molecule has 0 spiro atoms. The van der Waals surface area contributed by atoms with Gasteiger partial charge < -0.3 is 9.52 Å². The second kappa shape index (κ2) is 5.21. The van der Waals surface area contributed by atoms with Crippen molar-refractivity contribution in [3.8, 4) is 11.5 Å². The number of aromatic nitrogens is 1. The monoisotopic (exact) mass is 413 g/mol. The van der Waals surface area contributed by atoms with Crippen LogP contribution in [0.1, 0.15) is 16.2 Å². The van der Waals surface area contributed by atoms with E-state index in [0.29, 0.717) is 8.95 Å². The number of hydrogen-bond donors (Lipinski definition) is 1. The third-order valence-electron chi connectivity index (χ3n) is 2.25. The molecule has 0 atom stereocenters. The van der Waals surface area contributed by atoms with Gasteiger partial charge in [0.25, 0.3) is 0 Å². The van der Waals surface area contributed by atoms with Crippen LogP contribution in [0.4, 0.5) is 13.2 Å². The molecular formula is C11H4Br2F3NO3. The second-order valence-corrected chi connectivity index (χ2v) is 5.39. The van der Waals surface area contributed by atoms with Crippen molar-refractivity contribution < 1.29 is 27.5 Å². The molecule has 0 aliphatic carbocycles. The lowest BCUT2D eigenvalue weighted by Crippen LogP contribution is -2.11. The van der Waals surface area contributed by atoms with Crippen LogP contribution in [-0.2, 0) is 6.18 Å². The summed E-state index contributed by atoms with van der Waals surface area (Å²) < 4.78 is 43.9. The van der Waals surface area contributed by atoms with Gasteiger partial charge in [-0.05, 0) is 34.1 Å². The maximum atomic E-state index is 12.7. The highest BCUT2D eigenvalue weighted by molar-refractivity contribution is 9.11.